The van der Waals surface area contributed by atoms with Crippen molar-refractivity contribution in [2.45, 2.75) is 32.7 Å². The summed E-state index contributed by atoms with van der Waals surface area (Å²) >= 11 is 0. The Hall–Kier alpha value is -2.09. The van der Waals surface area contributed by atoms with Crippen molar-refractivity contribution < 1.29 is 8.98 Å². The van der Waals surface area contributed by atoms with Gasteiger partial charge in [-0.2, -0.15) is 4.57 Å². The molecule has 0 saturated carbocycles. The number of nitrogens with zero attached hydrogens (tertiary/aromatic N) is 1. The molecule has 1 aromatic carbocycles. The molecule has 0 fully saturated rings. The fraction of sp³-hybridized carbons (Fsp3) is 0.278. The van der Waals surface area contributed by atoms with E-state index in [-0.39, 0.29) is 5.41 Å². The molecular weight excluding hydrogens is 246 g/mol. The first-order chi connectivity index (χ1) is 9.54. The third-order valence-corrected chi connectivity index (χ3v) is 4.21. The Bertz CT molecular complexity index is 821. The van der Waals surface area contributed by atoms with Gasteiger partial charge < -0.3 is 4.42 Å². The predicted octanol–water partition coefficient (Wildman–Crippen LogP) is 4.05. The van der Waals surface area contributed by atoms with E-state index in [9.17, 15) is 0 Å². The van der Waals surface area contributed by atoms with E-state index in [1.165, 1.54) is 27.8 Å². The SMILES string of the molecule is CC(C)(C)c1ccc2c(c1)C[n+]1ccc3occc3c1-2. The molecule has 1 aliphatic heterocycles. The summed E-state index contributed by atoms with van der Waals surface area (Å²) in [4.78, 5) is 0. The summed E-state index contributed by atoms with van der Waals surface area (Å²) in [6.45, 7) is 7.74. The van der Waals surface area contributed by atoms with E-state index in [1.54, 1.807) is 6.26 Å². The summed E-state index contributed by atoms with van der Waals surface area (Å²) < 4.78 is 7.84. The molecule has 3 aromatic rings. The maximum atomic E-state index is 5.52. The van der Waals surface area contributed by atoms with Crippen LogP contribution in [0.3, 0.4) is 0 Å². The first-order valence-corrected chi connectivity index (χ1v) is 7.07. The van der Waals surface area contributed by atoms with Gasteiger partial charge in [0.1, 0.15) is 5.58 Å². The van der Waals surface area contributed by atoms with Crippen molar-refractivity contribution in [2.24, 2.45) is 0 Å². The van der Waals surface area contributed by atoms with Gasteiger partial charge in [-0.1, -0.05) is 26.8 Å². The molecule has 0 atom stereocenters. The minimum absolute atomic E-state index is 0.194. The normalized spacial score (nSPS) is 13.6. The minimum atomic E-state index is 0.194. The Labute approximate surface area is 118 Å². The van der Waals surface area contributed by atoms with Crippen LogP contribution in [-0.4, -0.2) is 0 Å². The van der Waals surface area contributed by atoms with Gasteiger partial charge in [0.05, 0.1) is 17.2 Å². The molecule has 2 nitrogen and oxygen atoms in total. The van der Waals surface area contributed by atoms with Crippen LogP contribution in [0.1, 0.15) is 31.9 Å². The van der Waals surface area contributed by atoms with Crippen LogP contribution in [0.25, 0.3) is 22.2 Å². The maximum Gasteiger partial charge on any atom is 0.224 e. The van der Waals surface area contributed by atoms with Crippen LogP contribution in [-0.2, 0) is 12.0 Å². The molecule has 0 aliphatic carbocycles. The summed E-state index contributed by atoms with van der Waals surface area (Å²) in [6.07, 6.45) is 3.89. The zero-order valence-corrected chi connectivity index (χ0v) is 12.1. The fourth-order valence-electron chi connectivity index (χ4n) is 3.07. The highest BCUT2D eigenvalue weighted by atomic mass is 16.3. The van der Waals surface area contributed by atoms with Gasteiger partial charge in [0.15, 0.2) is 12.7 Å². The van der Waals surface area contributed by atoms with Crippen molar-refractivity contribution in [2.75, 3.05) is 0 Å². The standard InChI is InChI=1S/C18H18NO/c1-18(2,3)13-4-5-14-12(10-13)11-19-8-6-16-15(17(14)19)7-9-20-16/h4-10H,11H2,1-3H3/q+1. The monoisotopic (exact) mass is 264 g/mol. The number of hydrogen-bond acceptors (Lipinski definition) is 1. The molecule has 3 heterocycles. The van der Waals surface area contributed by atoms with Crippen molar-refractivity contribution in [1.82, 2.24) is 0 Å². The van der Waals surface area contributed by atoms with E-state index in [1.807, 2.05) is 0 Å². The number of rotatable bonds is 0. The zero-order valence-electron chi connectivity index (χ0n) is 12.1. The highest BCUT2D eigenvalue weighted by Gasteiger charge is 2.30. The molecule has 0 amide bonds. The Morgan fingerprint density at radius 1 is 1.10 bits per heavy atom. The quantitative estimate of drug-likeness (QED) is 0.438. The van der Waals surface area contributed by atoms with Crippen LogP contribution < -0.4 is 4.57 Å². The highest BCUT2D eigenvalue weighted by Crippen LogP contribution is 2.35. The smallest absolute Gasteiger partial charge is 0.224 e. The largest absolute Gasteiger partial charge is 0.464 e. The zero-order chi connectivity index (χ0) is 13.9. The third kappa shape index (κ3) is 1.54. The number of hydrogen-bond donors (Lipinski definition) is 0. The molecule has 0 N–H and O–H groups in total. The van der Waals surface area contributed by atoms with Gasteiger partial charge in [0.2, 0.25) is 5.69 Å². The van der Waals surface area contributed by atoms with Crippen LogP contribution in [0.4, 0.5) is 0 Å². The van der Waals surface area contributed by atoms with Crippen LogP contribution >= 0.6 is 0 Å². The van der Waals surface area contributed by atoms with E-state index in [2.05, 4.69) is 61.9 Å². The molecule has 1 aliphatic rings. The van der Waals surface area contributed by atoms with Gasteiger partial charge in [-0.05, 0) is 29.2 Å². The number of aromatic nitrogens is 1. The molecule has 4 rings (SSSR count). The first-order valence-electron chi connectivity index (χ1n) is 7.07. The van der Waals surface area contributed by atoms with E-state index < -0.39 is 0 Å². The van der Waals surface area contributed by atoms with Gasteiger partial charge >= 0.3 is 0 Å². The number of furan rings is 1. The summed E-state index contributed by atoms with van der Waals surface area (Å²) in [7, 11) is 0. The lowest BCUT2D eigenvalue weighted by molar-refractivity contribution is -0.671. The van der Waals surface area contributed by atoms with E-state index in [4.69, 9.17) is 4.42 Å². The van der Waals surface area contributed by atoms with Crippen molar-refractivity contribution in [1.29, 1.82) is 0 Å². The Morgan fingerprint density at radius 3 is 2.75 bits per heavy atom. The number of pyridine rings is 1. The van der Waals surface area contributed by atoms with E-state index >= 15 is 0 Å². The summed E-state index contributed by atoms with van der Waals surface area (Å²) in [5, 5.41) is 1.20. The second kappa shape index (κ2) is 3.72. The second-order valence-electron chi connectivity index (χ2n) is 6.61. The molecule has 2 heteroatoms. The van der Waals surface area contributed by atoms with Crippen LogP contribution in [0, 0.1) is 0 Å². The summed E-state index contributed by atoms with van der Waals surface area (Å²) in [5.41, 5.74) is 6.58. The van der Waals surface area contributed by atoms with Gasteiger partial charge in [0.25, 0.3) is 0 Å². The molecular formula is C18H18NO+. The van der Waals surface area contributed by atoms with Crippen molar-refractivity contribution in [3.05, 3.63) is 53.9 Å². The van der Waals surface area contributed by atoms with Gasteiger partial charge in [-0.25, -0.2) is 0 Å². The molecule has 0 saturated heterocycles. The molecule has 20 heavy (non-hydrogen) atoms. The van der Waals surface area contributed by atoms with Crippen molar-refractivity contribution >= 4 is 11.0 Å². The second-order valence-corrected chi connectivity index (χ2v) is 6.61. The van der Waals surface area contributed by atoms with E-state index in [0.717, 1.165) is 12.1 Å². The minimum Gasteiger partial charge on any atom is -0.464 e. The lowest BCUT2D eigenvalue weighted by Gasteiger charge is -2.19. The van der Waals surface area contributed by atoms with Crippen molar-refractivity contribution in [3.63, 3.8) is 0 Å². The van der Waals surface area contributed by atoms with Crippen LogP contribution in [0.5, 0.6) is 0 Å². The summed E-state index contributed by atoms with van der Waals surface area (Å²) in [5.74, 6) is 0. The van der Waals surface area contributed by atoms with E-state index in [0.29, 0.717) is 0 Å². The van der Waals surface area contributed by atoms with Crippen molar-refractivity contribution in [3.8, 4) is 11.3 Å². The van der Waals surface area contributed by atoms with Crippen LogP contribution in [0.2, 0.25) is 0 Å². The Kier molecular flexibility index (Phi) is 2.18. The van der Waals surface area contributed by atoms with Gasteiger partial charge in [0, 0.05) is 11.6 Å². The molecule has 2 aromatic heterocycles. The topological polar surface area (TPSA) is 17.0 Å². The third-order valence-electron chi connectivity index (χ3n) is 4.21. The number of fused-ring (bicyclic) bond motifs is 5. The lowest BCUT2D eigenvalue weighted by atomic mass is 9.85. The van der Waals surface area contributed by atoms with Gasteiger partial charge in [-0.15, -0.1) is 0 Å². The summed E-state index contributed by atoms with van der Waals surface area (Å²) in [6, 6.07) is 11.0. The lowest BCUT2D eigenvalue weighted by Crippen LogP contribution is -2.31. The Morgan fingerprint density at radius 2 is 1.95 bits per heavy atom. The highest BCUT2D eigenvalue weighted by molar-refractivity contribution is 5.91. The maximum absolute atomic E-state index is 5.52. The first kappa shape index (κ1) is 11.7. The fourth-order valence-corrected chi connectivity index (χ4v) is 3.07. The average molecular weight is 264 g/mol. The molecule has 0 bridgehead atoms. The molecule has 100 valence electrons. The number of benzene rings is 1. The van der Waals surface area contributed by atoms with Gasteiger partial charge in [-0.3, -0.25) is 0 Å². The molecule has 0 unspecified atom stereocenters. The molecule has 0 radical (unpaired) electrons. The Balaban J connectivity index is 1.97. The average Bonchev–Trinajstić information content (AvgIpc) is 2.99. The van der Waals surface area contributed by atoms with Crippen LogP contribution in [0.15, 0.2) is 47.2 Å². The predicted molar refractivity (Wildman–Crippen MR) is 79.6 cm³/mol. The molecule has 0 spiro atoms.